The highest BCUT2D eigenvalue weighted by atomic mass is 32.2. The Morgan fingerprint density at radius 1 is 1.24 bits per heavy atom. The number of sulfonamides is 1. The van der Waals surface area contributed by atoms with E-state index in [9.17, 15) is 8.42 Å². The predicted octanol–water partition coefficient (Wildman–Crippen LogP) is 2.69. The SMILES string of the molecule is CCOCC1CCCN(S(=O)(=O)c2ccc(CC)cc2)C1. The van der Waals surface area contributed by atoms with E-state index < -0.39 is 10.0 Å². The van der Waals surface area contributed by atoms with E-state index in [0.29, 0.717) is 37.1 Å². The van der Waals surface area contributed by atoms with Crippen molar-refractivity contribution in [2.24, 2.45) is 5.92 Å². The first-order valence-corrected chi connectivity index (χ1v) is 9.18. The maximum atomic E-state index is 12.7. The minimum absolute atomic E-state index is 0.309. The highest BCUT2D eigenvalue weighted by Gasteiger charge is 2.30. The fourth-order valence-corrected chi connectivity index (χ4v) is 4.27. The lowest BCUT2D eigenvalue weighted by Gasteiger charge is -2.31. The maximum Gasteiger partial charge on any atom is 0.243 e. The van der Waals surface area contributed by atoms with Gasteiger partial charge in [-0.2, -0.15) is 4.31 Å². The maximum absolute atomic E-state index is 12.7. The monoisotopic (exact) mass is 311 g/mol. The number of ether oxygens (including phenoxy) is 1. The molecule has 1 saturated heterocycles. The number of nitrogens with zero attached hydrogens (tertiary/aromatic N) is 1. The largest absolute Gasteiger partial charge is 0.381 e. The van der Waals surface area contributed by atoms with Crippen molar-refractivity contribution in [2.45, 2.75) is 38.0 Å². The van der Waals surface area contributed by atoms with Crippen LogP contribution in [0.2, 0.25) is 0 Å². The second-order valence-electron chi connectivity index (χ2n) is 5.53. The summed E-state index contributed by atoms with van der Waals surface area (Å²) in [5, 5.41) is 0. The number of hydrogen-bond acceptors (Lipinski definition) is 3. The molecular formula is C16H25NO3S. The van der Waals surface area contributed by atoms with E-state index in [0.717, 1.165) is 24.8 Å². The lowest BCUT2D eigenvalue weighted by molar-refractivity contribution is 0.0864. The third-order valence-corrected chi connectivity index (χ3v) is 5.89. The normalized spacial score (nSPS) is 20.6. The van der Waals surface area contributed by atoms with Crippen LogP contribution in [0.25, 0.3) is 0 Å². The van der Waals surface area contributed by atoms with Crippen LogP contribution >= 0.6 is 0 Å². The van der Waals surface area contributed by atoms with Gasteiger partial charge in [-0.3, -0.25) is 0 Å². The fraction of sp³-hybridized carbons (Fsp3) is 0.625. The van der Waals surface area contributed by atoms with Crippen LogP contribution < -0.4 is 0 Å². The first-order chi connectivity index (χ1) is 10.1. The van der Waals surface area contributed by atoms with Crippen molar-refractivity contribution in [1.82, 2.24) is 4.31 Å². The summed E-state index contributed by atoms with van der Waals surface area (Å²) in [7, 11) is -3.37. The van der Waals surface area contributed by atoms with Gasteiger partial charge in [0.15, 0.2) is 0 Å². The second kappa shape index (κ2) is 7.38. The van der Waals surface area contributed by atoms with Crippen molar-refractivity contribution in [1.29, 1.82) is 0 Å². The van der Waals surface area contributed by atoms with E-state index in [-0.39, 0.29) is 0 Å². The fourth-order valence-electron chi connectivity index (χ4n) is 2.71. The molecule has 1 unspecified atom stereocenters. The molecule has 5 heteroatoms. The van der Waals surface area contributed by atoms with Gasteiger partial charge in [-0.15, -0.1) is 0 Å². The zero-order valence-electron chi connectivity index (χ0n) is 12.9. The Balaban J connectivity index is 2.10. The van der Waals surface area contributed by atoms with Crippen LogP contribution in [0.3, 0.4) is 0 Å². The summed E-state index contributed by atoms with van der Waals surface area (Å²) in [6.07, 6.45) is 2.87. The lowest BCUT2D eigenvalue weighted by atomic mass is 10.0. The van der Waals surface area contributed by atoms with E-state index in [1.807, 2.05) is 19.1 Å². The molecule has 1 aliphatic heterocycles. The summed E-state index contributed by atoms with van der Waals surface area (Å²) in [5.41, 5.74) is 1.15. The molecule has 118 valence electrons. The molecule has 0 N–H and O–H groups in total. The third kappa shape index (κ3) is 4.05. The van der Waals surface area contributed by atoms with Crippen LogP contribution in [-0.4, -0.2) is 39.0 Å². The highest BCUT2D eigenvalue weighted by Crippen LogP contribution is 2.24. The minimum atomic E-state index is -3.37. The average molecular weight is 311 g/mol. The van der Waals surface area contributed by atoms with Crippen LogP contribution in [0, 0.1) is 5.92 Å². The third-order valence-electron chi connectivity index (χ3n) is 4.01. The van der Waals surface area contributed by atoms with Crippen LogP contribution in [0.15, 0.2) is 29.2 Å². The topological polar surface area (TPSA) is 46.6 Å². The molecule has 2 rings (SSSR count). The molecule has 0 aromatic heterocycles. The second-order valence-corrected chi connectivity index (χ2v) is 7.47. The Kier molecular flexibility index (Phi) is 5.79. The molecule has 4 nitrogen and oxygen atoms in total. The molecule has 1 aromatic rings. The van der Waals surface area contributed by atoms with Gasteiger partial charge >= 0.3 is 0 Å². The standard InChI is InChI=1S/C16H25NO3S/c1-3-14-7-9-16(10-8-14)21(18,19)17-11-5-6-15(12-17)13-20-4-2/h7-10,15H,3-6,11-13H2,1-2H3. The molecule has 0 saturated carbocycles. The first-order valence-electron chi connectivity index (χ1n) is 7.74. The molecule has 0 spiro atoms. The van der Waals surface area contributed by atoms with Crippen molar-refractivity contribution < 1.29 is 13.2 Å². The van der Waals surface area contributed by atoms with Gasteiger partial charge in [0.25, 0.3) is 0 Å². The number of aryl methyl sites for hydroxylation is 1. The molecule has 1 aromatic carbocycles. The predicted molar refractivity (Wildman–Crippen MR) is 83.8 cm³/mol. The summed E-state index contributed by atoms with van der Waals surface area (Å²) in [4.78, 5) is 0.400. The smallest absolute Gasteiger partial charge is 0.243 e. The summed E-state index contributed by atoms with van der Waals surface area (Å²) in [6, 6.07) is 7.24. The molecule has 0 aliphatic carbocycles. The molecule has 1 fully saturated rings. The summed E-state index contributed by atoms with van der Waals surface area (Å²) in [5.74, 6) is 0.309. The molecule has 1 atom stereocenters. The van der Waals surface area contributed by atoms with E-state index >= 15 is 0 Å². The lowest BCUT2D eigenvalue weighted by Crippen LogP contribution is -2.41. The Morgan fingerprint density at radius 3 is 2.57 bits per heavy atom. The summed E-state index contributed by atoms with van der Waals surface area (Å²) < 4.78 is 32.4. The molecular weight excluding hydrogens is 286 g/mol. The van der Waals surface area contributed by atoms with Crippen molar-refractivity contribution in [2.75, 3.05) is 26.3 Å². The Bertz CT molecular complexity index is 539. The van der Waals surface area contributed by atoms with Gasteiger partial charge in [-0.1, -0.05) is 19.1 Å². The van der Waals surface area contributed by atoms with Crippen LogP contribution in [0.1, 0.15) is 32.3 Å². The zero-order valence-corrected chi connectivity index (χ0v) is 13.7. The molecule has 1 heterocycles. The van der Waals surface area contributed by atoms with E-state index in [1.54, 1.807) is 16.4 Å². The summed E-state index contributed by atoms with van der Waals surface area (Å²) >= 11 is 0. The average Bonchev–Trinajstić information content (AvgIpc) is 2.53. The first kappa shape index (κ1) is 16.5. The summed E-state index contributed by atoms with van der Waals surface area (Å²) in [6.45, 7) is 6.54. The Labute approximate surface area is 128 Å². The number of rotatable bonds is 6. The van der Waals surface area contributed by atoms with Crippen molar-refractivity contribution in [3.8, 4) is 0 Å². The number of benzene rings is 1. The van der Waals surface area contributed by atoms with E-state index in [1.165, 1.54) is 0 Å². The quantitative estimate of drug-likeness (QED) is 0.811. The minimum Gasteiger partial charge on any atom is -0.381 e. The van der Waals surface area contributed by atoms with E-state index in [2.05, 4.69) is 6.92 Å². The molecule has 0 bridgehead atoms. The van der Waals surface area contributed by atoms with Crippen molar-refractivity contribution >= 4 is 10.0 Å². The van der Waals surface area contributed by atoms with Gasteiger partial charge < -0.3 is 4.74 Å². The van der Waals surface area contributed by atoms with Crippen LogP contribution in [0.4, 0.5) is 0 Å². The van der Waals surface area contributed by atoms with Gasteiger partial charge in [0.05, 0.1) is 11.5 Å². The molecule has 0 radical (unpaired) electrons. The van der Waals surface area contributed by atoms with E-state index in [4.69, 9.17) is 4.74 Å². The van der Waals surface area contributed by atoms with Gasteiger partial charge in [0.1, 0.15) is 0 Å². The van der Waals surface area contributed by atoms with Gasteiger partial charge in [-0.25, -0.2) is 8.42 Å². The van der Waals surface area contributed by atoms with Crippen molar-refractivity contribution in [3.05, 3.63) is 29.8 Å². The van der Waals surface area contributed by atoms with Crippen LogP contribution in [-0.2, 0) is 21.2 Å². The molecule has 1 aliphatic rings. The van der Waals surface area contributed by atoms with Gasteiger partial charge in [0, 0.05) is 19.7 Å². The Morgan fingerprint density at radius 2 is 1.95 bits per heavy atom. The molecule has 21 heavy (non-hydrogen) atoms. The van der Waals surface area contributed by atoms with Gasteiger partial charge in [0.2, 0.25) is 10.0 Å². The van der Waals surface area contributed by atoms with Crippen LogP contribution in [0.5, 0.6) is 0 Å². The van der Waals surface area contributed by atoms with Gasteiger partial charge in [-0.05, 0) is 49.8 Å². The van der Waals surface area contributed by atoms with Crippen molar-refractivity contribution in [3.63, 3.8) is 0 Å². The molecule has 0 amide bonds. The number of piperidine rings is 1. The number of hydrogen-bond donors (Lipinski definition) is 0. The Hall–Kier alpha value is -0.910. The highest BCUT2D eigenvalue weighted by molar-refractivity contribution is 7.89. The zero-order chi connectivity index (χ0) is 15.3.